The van der Waals surface area contributed by atoms with Crippen LogP contribution in [0.2, 0.25) is 0 Å². The average molecular weight is 193 g/mol. The topological polar surface area (TPSA) is 12.0 Å². The summed E-state index contributed by atoms with van der Waals surface area (Å²) < 4.78 is 0. The molecule has 0 saturated carbocycles. The van der Waals surface area contributed by atoms with Gasteiger partial charge >= 0.3 is 0 Å². The predicted octanol–water partition coefficient (Wildman–Crippen LogP) is 2.55. The zero-order chi connectivity index (χ0) is 9.36. The van der Waals surface area contributed by atoms with Crippen LogP contribution in [0.4, 0.5) is 0 Å². The second kappa shape index (κ2) is 6.75. The summed E-state index contributed by atoms with van der Waals surface area (Å²) in [5.41, 5.74) is 0. The number of hydrogen-bond acceptors (Lipinski definition) is 2. The summed E-state index contributed by atoms with van der Waals surface area (Å²) in [4.78, 5) is 1.34. The van der Waals surface area contributed by atoms with Crippen molar-refractivity contribution in [2.24, 2.45) is 0 Å². The van der Waals surface area contributed by atoms with Crippen molar-refractivity contribution in [1.29, 1.82) is 0 Å². The van der Waals surface area contributed by atoms with E-state index >= 15 is 0 Å². The highest BCUT2D eigenvalue weighted by Gasteiger charge is 1.90. The monoisotopic (exact) mass is 193 g/mol. The number of hydrogen-bond donors (Lipinski definition) is 1. The molecular weight excluding hydrogens is 178 g/mol. The molecule has 0 fully saturated rings. The Morgan fingerprint density at radius 2 is 2.08 bits per heavy atom. The molecule has 1 rings (SSSR count). The van der Waals surface area contributed by atoms with Crippen molar-refractivity contribution in [2.45, 2.75) is 4.90 Å². The van der Waals surface area contributed by atoms with Gasteiger partial charge in [-0.15, -0.1) is 18.3 Å². The van der Waals surface area contributed by atoms with Gasteiger partial charge in [-0.2, -0.15) is 0 Å². The first-order chi connectivity index (χ1) is 6.43. The highest BCUT2D eigenvalue weighted by molar-refractivity contribution is 7.99. The maximum Gasteiger partial charge on any atom is 0.0132 e. The SMILES string of the molecule is C=CCNCCSc1ccccc1. The van der Waals surface area contributed by atoms with Crippen LogP contribution >= 0.6 is 11.8 Å². The fourth-order valence-electron chi connectivity index (χ4n) is 0.962. The van der Waals surface area contributed by atoms with E-state index in [4.69, 9.17) is 0 Å². The lowest BCUT2D eigenvalue weighted by Crippen LogP contribution is -2.16. The minimum absolute atomic E-state index is 0.898. The van der Waals surface area contributed by atoms with E-state index < -0.39 is 0 Å². The Morgan fingerprint density at radius 1 is 1.31 bits per heavy atom. The Morgan fingerprint density at radius 3 is 2.77 bits per heavy atom. The van der Waals surface area contributed by atoms with Gasteiger partial charge in [0.15, 0.2) is 0 Å². The smallest absolute Gasteiger partial charge is 0.0132 e. The Labute approximate surface area is 84.2 Å². The lowest BCUT2D eigenvalue weighted by Gasteiger charge is -2.01. The van der Waals surface area contributed by atoms with E-state index in [1.54, 1.807) is 0 Å². The molecule has 70 valence electrons. The minimum atomic E-state index is 0.898. The van der Waals surface area contributed by atoms with Crippen molar-refractivity contribution >= 4 is 11.8 Å². The molecule has 0 aliphatic heterocycles. The first-order valence-corrected chi connectivity index (χ1v) is 5.41. The Balaban J connectivity index is 2.10. The predicted molar refractivity (Wildman–Crippen MR) is 60.2 cm³/mol. The fourth-order valence-corrected chi connectivity index (χ4v) is 1.79. The first kappa shape index (κ1) is 10.4. The molecule has 0 aliphatic rings. The zero-order valence-electron chi connectivity index (χ0n) is 7.70. The number of nitrogens with one attached hydrogen (secondary N) is 1. The highest BCUT2D eigenvalue weighted by Crippen LogP contribution is 2.15. The summed E-state index contributed by atoms with van der Waals surface area (Å²) in [5, 5.41) is 3.27. The fraction of sp³-hybridized carbons (Fsp3) is 0.273. The number of thioether (sulfide) groups is 1. The molecule has 0 bridgehead atoms. The molecule has 2 heteroatoms. The van der Waals surface area contributed by atoms with E-state index in [1.165, 1.54) is 4.90 Å². The van der Waals surface area contributed by atoms with Crippen molar-refractivity contribution in [2.75, 3.05) is 18.8 Å². The van der Waals surface area contributed by atoms with Crippen LogP contribution in [0.5, 0.6) is 0 Å². The van der Waals surface area contributed by atoms with Crippen molar-refractivity contribution in [3.63, 3.8) is 0 Å². The van der Waals surface area contributed by atoms with Gasteiger partial charge in [0.1, 0.15) is 0 Å². The van der Waals surface area contributed by atoms with E-state index in [-0.39, 0.29) is 0 Å². The summed E-state index contributed by atoms with van der Waals surface area (Å²) in [7, 11) is 0. The second-order valence-corrected chi connectivity index (χ2v) is 3.82. The molecular formula is C11H15NS. The maximum atomic E-state index is 3.65. The van der Waals surface area contributed by atoms with Crippen LogP contribution in [0.15, 0.2) is 47.9 Å². The molecule has 0 amide bonds. The quantitative estimate of drug-likeness (QED) is 0.423. The van der Waals surface area contributed by atoms with Crippen LogP contribution in [0, 0.1) is 0 Å². The van der Waals surface area contributed by atoms with Crippen molar-refractivity contribution < 1.29 is 0 Å². The molecule has 13 heavy (non-hydrogen) atoms. The molecule has 0 atom stereocenters. The van der Waals surface area contributed by atoms with Gasteiger partial charge in [-0.3, -0.25) is 0 Å². The molecule has 0 aliphatic carbocycles. The van der Waals surface area contributed by atoms with Crippen molar-refractivity contribution in [1.82, 2.24) is 5.32 Å². The van der Waals surface area contributed by atoms with Gasteiger partial charge < -0.3 is 5.32 Å². The van der Waals surface area contributed by atoms with Gasteiger partial charge in [0, 0.05) is 23.7 Å². The molecule has 1 aromatic rings. The third kappa shape index (κ3) is 4.76. The Hall–Kier alpha value is -0.730. The van der Waals surface area contributed by atoms with Crippen LogP contribution in [0.25, 0.3) is 0 Å². The highest BCUT2D eigenvalue weighted by atomic mass is 32.2. The van der Waals surface area contributed by atoms with Gasteiger partial charge in [0.25, 0.3) is 0 Å². The lowest BCUT2D eigenvalue weighted by molar-refractivity contribution is 0.807. The van der Waals surface area contributed by atoms with Crippen molar-refractivity contribution in [3.8, 4) is 0 Å². The zero-order valence-corrected chi connectivity index (χ0v) is 8.52. The van der Waals surface area contributed by atoms with Crippen LogP contribution in [0.1, 0.15) is 0 Å². The summed E-state index contributed by atoms with van der Waals surface area (Å²) >= 11 is 1.87. The molecule has 0 unspecified atom stereocenters. The maximum absolute atomic E-state index is 3.65. The largest absolute Gasteiger partial charge is 0.312 e. The third-order valence-electron chi connectivity index (χ3n) is 1.58. The van der Waals surface area contributed by atoms with E-state index in [1.807, 2.05) is 23.9 Å². The molecule has 0 heterocycles. The number of rotatable bonds is 6. The van der Waals surface area contributed by atoms with Crippen LogP contribution in [-0.2, 0) is 0 Å². The van der Waals surface area contributed by atoms with Crippen LogP contribution in [-0.4, -0.2) is 18.8 Å². The van der Waals surface area contributed by atoms with Gasteiger partial charge in [-0.25, -0.2) is 0 Å². The van der Waals surface area contributed by atoms with Gasteiger partial charge in [0.2, 0.25) is 0 Å². The van der Waals surface area contributed by atoms with E-state index in [2.05, 4.69) is 36.2 Å². The van der Waals surface area contributed by atoms with Gasteiger partial charge in [-0.1, -0.05) is 24.3 Å². The van der Waals surface area contributed by atoms with Gasteiger partial charge in [-0.05, 0) is 12.1 Å². The second-order valence-electron chi connectivity index (χ2n) is 2.65. The third-order valence-corrected chi connectivity index (χ3v) is 2.59. The van der Waals surface area contributed by atoms with E-state index in [0.717, 1.165) is 18.8 Å². The summed E-state index contributed by atoms with van der Waals surface area (Å²) in [5.74, 6) is 1.11. The minimum Gasteiger partial charge on any atom is -0.312 e. The molecule has 1 aromatic carbocycles. The molecule has 1 N–H and O–H groups in total. The molecule has 0 aromatic heterocycles. The molecule has 0 radical (unpaired) electrons. The standard InChI is InChI=1S/C11H15NS/c1-2-8-12-9-10-13-11-6-4-3-5-7-11/h2-7,12H,1,8-10H2. The summed E-state index contributed by atoms with van der Waals surface area (Å²) in [6.45, 7) is 5.58. The summed E-state index contributed by atoms with van der Waals surface area (Å²) in [6, 6.07) is 10.5. The van der Waals surface area contributed by atoms with Crippen molar-refractivity contribution in [3.05, 3.63) is 43.0 Å². The number of benzene rings is 1. The average Bonchev–Trinajstić information content (AvgIpc) is 2.19. The van der Waals surface area contributed by atoms with E-state index in [0.29, 0.717) is 0 Å². The normalized spacial score (nSPS) is 9.85. The molecule has 1 nitrogen and oxygen atoms in total. The van der Waals surface area contributed by atoms with Crippen LogP contribution < -0.4 is 5.32 Å². The first-order valence-electron chi connectivity index (χ1n) is 4.43. The summed E-state index contributed by atoms with van der Waals surface area (Å²) in [6.07, 6.45) is 1.88. The molecule has 0 saturated heterocycles. The van der Waals surface area contributed by atoms with Gasteiger partial charge in [0.05, 0.1) is 0 Å². The molecule has 0 spiro atoms. The van der Waals surface area contributed by atoms with Crippen LogP contribution in [0.3, 0.4) is 0 Å². The van der Waals surface area contributed by atoms with E-state index in [9.17, 15) is 0 Å². The Kier molecular flexibility index (Phi) is 5.38. The lowest BCUT2D eigenvalue weighted by atomic mass is 10.4. The Bertz CT molecular complexity index is 233.